The molecule has 2 aromatic rings. The molecule has 1 saturated carbocycles. The van der Waals surface area contributed by atoms with Crippen LogP contribution in [0.5, 0.6) is 0 Å². The van der Waals surface area contributed by atoms with E-state index in [1.54, 1.807) is 6.92 Å². The highest BCUT2D eigenvalue weighted by Crippen LogP contribution is 2.37. The van der Waals surface area contributed by atoms with Crippen LogP contribution in [-0.4, -0.2) is 39.6 Å². The zero-order valence-corrected chi connectivity index (χ0v) is 18.6. The van der Waals surface area contributed by atoms with E-state index in [1.807, 2.05) is 32.9 Å². The highest BCUT2D eigenvalue weighted by Gasteiger charge is 2.36. The van der Waals surface area contributed by atoms with Crippen LogP contribution >= 0.6 is 0 Å². The Labute approximate surface area is 178 Å². The Morgan fingerprint density at radius 2 is 1.83 bits per heavy atom. The van der Waals surface area contributed by atoms with Crippen molar-refractivity contribution in [1.29, 1.82) is 0 Å². The van der Waals surface area contributed by atoms with Crippen LogP contribution in [0.15, 0.2) is 12.1 Å². The summed E-state index contributed by atoms with van der Waals surface area (Å²) in [4.78, 5) is 29.7. The van der Waals surface area contributed by atoms with Gasteiger partial charge in [-0.2, -0.15) is 0 Å². The van der Waals surface area contributed by atoms with E-state index in [0.29, 0.717) is 11.6 Å². The lowest BCUT2D eigenvalue weighted by atomic mass is 10.0. The van der Waals surface area contributed by atoms with E-state index in [0.717, 1.165) is 28.3 Å². The average molecular weight is 413 g/mol. The zero-order valence-electron chi connectivity index (χ0n) is 18.6. The van der Waals surface area contributed by atoms with E-state index in [2.05, 4.69) is 17.2 Å². The third kappa shape index (κ3) is 4.56. The maximum atomic E-state index is 12.4. The van der Waals surface area contributed by atoms with Gasteiger partial charge in [0.25, 0.3) is 5.91 Å². The van der Waals surface area contributed by atoms with Crippen LogP contribution in [0.3, 0.4) is 0 Å². The van der Waals surface area contributed by atoms with Crippen molar-refractivity contribution in [1.82, 2.24) is 14.9 Å². The fraction of sp³-hybridized carbons (Fsp3) is 0.522. The number of nitrogens with zero attached hydrogens (tertiary/aromatic N) is 3. The summed E-state index contributed by atoms with van der Waals surface area (Å²) in [6.07, 6.45) is 4.21. The van der Waals surface area contributed by atoms with E-state index in [9.17, 15) is 14.7 Å². The number of aryl methyl sites for hydroxylation is 4. The molecule has 0 unspecified atom stereocenters. The minimum Gasteiger partial charge on any atom is -0.477 e. The molecular formula is C23H32N4O3. The summed E-state index contributed by atoms with van der Waals surface area (Å²) >= 11 is 0. The van der Waals surface area contributed by atoms with Crippen LogP contribution < -0.4 is 10.2 Å². The van der Waals surface area contributed by atoms with Crippen molar-refractivity contribution in [3.63, 3.8) is 0 Å². The number of amides is 1. The third-order valence-electron chi connectivity index (χ3n) is 5.48. The van der Waals surface area contributed by atoms with Gasteiger partial charge in [-0.25, -0.2) is 14.7 Å². The maximum Gasteiger partial charge on any atom is 0.354 e. The number of imidazole rings is 1. The number of aromatic carboxylic acids is 1. The van der Waals surface area contributed by atoms with Gasteiger partial charge in [0, 0.05) is 0 Å². The van der Waals surface area contributed by atoms with Gasteiger partial charge in [0.2, 0.25) is 5.95 Å². The van der Waals surface area contributed by atoms with Crippen LogP contribution in [0.4, 0.5) is 11.6 Å². The van der Waals surface area contributed by atoms with Gasteiger partial charge in [0.15, 0.2) is 5.69 Å². The second-order valence-electron chi connectivity index (χ2n) is 8.36. The van der Waals surface area contributed by atoms with Crippen molar-refractivity contribution in [3.8, 4) is 0 Å². The summed E-state index contributed by atoms with van der Waals surface area (Å²) < 4.78 is 1.47. The Hall–Kier alpha value is -2.67. The smallest absolute Gasteiger partial charge is 0.354 e. The van der Waals surface area contributed by atoms with E-state index >= 15 is 0 Å². The Bertz CT molecular complexity index is 937. The van der Waals surface area contributed by atoms with Gasteiger partial charge in [0.1, 0.15) is 6.54 Å². The third-order valence-corrected chi connectivity index (χ3v) is 5.48. The fourth-order valence-electron chi connectivity index (χ4n) is 4.02. The number of aromatic nitrogens is 2. The first kappa shape index (κ1) is 22.0. The molecule has 30 heavy (non-hydrogen) atoms. The summed E-state index contributed by atoms with van der Waals surface area (Å²) in [6, 6.07) is 4.01. The molecule has 1 aliphatic carbocycles. The van der Waals surface area contributed by atoms with E-state index in [-0.39, 0.29) is 18.1 Å². The van der Waals surface area contributed by atoms with E-state index in [4.69, 9.17) is 0 Å². The molecular weight excluding hydrogens is 380 g/mol. The molecule has 2 aliphatic rings. The summed E-state index contributed by atoms with van der Waals surface area (Å²) in [5.74, 6) is 0.194. The molecule has 1 fully saturated rings. The molecule has 7 nitrogen and oxygen atoms in total. The van der Waals surface area contributed by atoms with Gasteiger partial charge in [-0.1, -0.05) is 24.6 Å². The molecule has 0 saturated heterocycles. The van der Waals surface area contributed by atoms with Crippen LogP contribution in [0, 0.1) is 33.6 Å². The first-order valence-corrected chi connectivity index (χ1v) is 10.7. The number of carboxylic acids is 1. The van der Waals surface area contributed by atoms with Gasteiger partial charge in [0.05, 0.1) is 11.4 Å². The number of carbonyl (C=O) groups is 2. The quantitative estimate of drug-likeness (QED) is 0.703. The molecule has 1 amide bonds. The standard InChI is InChI=1S/C16H17N3O3.C7H15N/c1-8-5-9(2)13(10(3)6-8)19-12(20)7-18-14(15(21)22)11(4)17-16(18)19;1-2-5-8-6-7-3-4-7/h5-6H,7H2,1-4H3,(H,21,22);7-8H,2-6H2,1H3. The number of carbonyl (C=O) groups excluding carboxylic acids is 1. The largest absolute Gasteiger partial charge is 0.477 e. The van der Waals surface area contributed by atoms with Crippen molar-refractivity contribution in [2.75, 3.05) is 18.0 Å². The Kier molecular flexibility index (Phi) is 6.61. The number of anilines is 2. The molecule has 7 heteroatoms. The molecule has 2 N–H and O–H groups in total. The zero-order chi connectivity index (χ0) is 22.0. The summed E-state index contributed by atoms with van der Waals surface area (Å²) in [6.45, 7) is 12.2. The SMILES string of the molecule is CCCNCC1CC1.Cc1cc(C)c(N2C(=O)Cn3c2nc(C)c3C(=O)O)c(C)c1. The van der Waals surface area contributed by atoms with Crippen molar-refractivity contribution in [2.24, 2.45) is 5.92 Å². The van der Waals surface area contributed by atoms with Crippen molar-refractivity contribution in [3.05, 3.63) is 40.2 Å². The number of hydrogen-bond acceptors (Lipinski definition) is 4. The molecule has 1 aromatic carbocycles. The number of rotatable bonds is 6. The Morgan fingerprint density at radius 3 is 2.37 bits per heavy atom. The second-order valence-corrected chi connectivity index (χ2v) is 8.36. The predicted molar refractivity (Wildman–Crippen MR) is 118 cm³/mol. The molecule has 0 bridgehead atoms. The highest BCUT2D eigenvalue weighted by molar-refractivity contribution is 6.05. The summed E-state index contributed by atoms with van der Waals surface area (Å²) in [5.41, 5.74) is 4.34. The van der Waals surface area contributed by atoms with E-state index in [1.165, 1.54) is 41.8 Å². The molecule has 1 aliphatic heterocycles. The van der Waals surface area contributed by atoms with Crippen molar-refractivity contribution < 1.29 is 14.7 Å². The van der Waals surface area contributed by atoms with Crippen LogP contribution in [0.25, 0.3) is 0 Å². The molecule has 0 radical (unpaired) electrons. The average Bonchev–Trinajstić information content (AvgIpc) is 3.35. The fourth-order valence-corrected chi connectivity index (χ4v) is 4.02. The number of hydrogen-bond donors (Lipinski definition) is 2. The van der Waals surface area contributed by atoms with Gasteiger partial charge in [-0.05, 0) is 77.1 Å². The van der Waals surface area contributed by atoms with Gasteiger partial charge in [-0.3, -0.25) is 9.36 Å². The number of carboxylic acid groups (broad SMARTS) is 1. The highest BCUT2D eigenvalue weighted by atomic mass is 16.4. The lowest BCUT2D eigenvalue weighted by Gasteiger charge is -2.20. The van der Waals surface area contributed by atoms with Crippen molar-refractivity contribution >= 4 is 23.5 Å². The van der Waals surface area contributed by atoms with Crippen molar-refractivity contribution in [2.45, 2.75) is 60.4 Å². The minimum absolute atomic E-state index is 0.00453. The molecule has 2 heterocycles. The monoisotopic (exact) mass is 412 g/mol. The van der Waals surface area contributed by atoms with Gasteiger partial charge < -0.3 is 10.4 Å². The Morgan fingerprint density at radius 1 is 1.20 bits per heavy atom. The topological polar surface area (TPSA) is 87.5 Å². The predicted octanol–water partition coefficient (Wildman–Crippen LogP) is 3.89. The van der Waals surface area contributed by atoms with Crippen LogP contribution in [0.1, 0.15) is 59.1 Å². The van der Waals surface area contributed by atoms with E-state index < -0.39 is 5.97 Å². The first-order valence-electron chi connectivity index (χ1n) is 10.7. The number of nitrogens with one attached hydrogen (secondary N) is 1. The molecule has 1 aromatic heterocycles. The molecule has 0 spiro atoms. The van der Waals surface area contributed by atoms with Crippen LogP contribution in [-0.2, 0) is 11.3 Å². The minimum atomic E-state index is -1.07. The first-order chi connectivity index (χ1) is 14.2. The molecule has 4 rings (SSSR count). The normalized spacial score (nSPS) is 15.1. The van der Waals surface area contributed by atoms with Gasteiger partial charge in [-0.15, -0.1) is 0 Å². The van der Waals surface area contributed by atoms with Crippen LogP contribution in [0.2, 0.25) is 0 Å². The summed E-state index contributed by atoms with van der Waals surface area (Å²) in [7, 11) is 0. The summed E-state index contributed by atoms with van der Waals surface area (Å²) in [5, 5.41) is 12.7. The molecule has 162 valence electrons. The lowest BCUT2D eigenvalue weighted by Crippen LogP contribution is -2.23. The number of fused-ring (bicyclic) bond motifs is 1. The number of benzene rings is 1. The lowest BCUT2D eigenvalue weighted by molar-refractivity contribution is -0.117. The van der Waals surface area contributed by atoms with Gasteiger partial charge >= 0.3 is 5.97 Å². The Balaban J connectivity index is 0.000000269. The second kappa shape index (κ2) is 9.00. The maximum absolute atomic E-state index is 12.4. The molecule has 0 atom stereocenters.